The van der Waals surface area contributed by atoms with Crippen LogP contribution in [0.5, 0.6) is 0 Å². The third-order valence-corrected chi connectivity index (χ3v) is 4.16. The maximum atomic E-state index is 11.1. The van der Waals surface area contributed by atoms with Crippen molar-refractivity contribution in [2.45, 2.75) is 31.3 Å². The van der Waals surface area contributed by atoms with Crippen molar-refractivity contribution >= 4 is 9.84 Å². The highest BCUT2D eigenvalue weighted by Crippen LogP contribution is 2.22. The number of nitrogens with zero attached hydrogens (tertiary/aromatic N) is 1. The molecule has 0 heterocycles. The third-order valence-electron chi connectivity index (χ3n) is 3.23. The Morgan fingerprint density at radius 3 is 2.60 bits per heavy atom. The smallest absolute Gasteiger partial charge is 0.148 e. The quantitative estimate of drug-likeness (QED) is 0.733. The van der Waals surface area contributed by atoms with Crippen molar-refractivity contribution in [3.8, 4) is 0 Å². The Kier molecular flexibility index (Phi) is 4.55. The van der Waals surface area contributed by atoms with E-state index in [9.17, 15) is 8.42 Å². The summed E-state index contributed by atoms with van der Waals surface area (Å²) in [6.07, 6.45) is 4.90. The zero-order valence-corrected chi connectivity index (χ0v) is 10.7. The summed E-state index contributed by atoms with van der Waals surface area (Å²) in [6.45, 7) is 0.641. The first-order valence-electron chi connectivity index (χ1n) is 5.49. The van der Waals surface area contributed by atoms with Crippen LogP contribution in [0.15, 0.2) is 0 Å². The molecule has 0 amide bonds. The van der Waals surface area contributed by atoms with Crippen molar-refractivity contribution in [2.24, 2.45) is 0 Å². The van der Waals surface area contributed by atoms with E-state index in [1.807, 2.05) is 14.1 Å². The topological polar surface area (TPSA) is 49.4 Å². The molecule has 0 aromatic rings. The molecule has 0 bridgehead atoms. The Hall–Kier alpha value is -0.130. The number of rotatable bonds is 5. The molecule has 1 N–H and O–H groups in total. The fourth-order valence-electron chi connectivity index (χ4n) is 2.28. The molecule has 15 heavy (non-hydrogen) atoms. The van der Waals surface area contributed by atoms with E-state index in [1.165, 1.54) is 25.5 Å². The van der Waals surface area contributed by atoms with Gasteiger partial charge in [-0.1, -0.05) is 6.42 Å². The van der Waals surface area contributed by atoms with Crippen LogP contribution in [0, 0.1) is 0 Å². The minimum atomic E-state index is -2.84. The third kappa shape index (κ3) is 4.09. The highest BCUT2D eigenvalue weighted by Gasteiger charge is 2.29. The molecule has 0 spiro atoms. The fraction of sp³-hybridized carbons (Fsp3) is 1.00. The standard InChI is InChI=1S/C10H22N2O2S/c1-11-9-5-4-6-10(9)12(2)7-8-15(3,13)14/h9-11H,4-8H2,1-3H3. The molecule has 5 heteroatoms. The van der Waals surface area contributed by atoms with Gasteiger partial charge in [0, 0.05) is 24.9 Å². The molecule has 90 valence electrons. The van der Waals surface area contributed by atoms with E-state index in [1.54, 1.807) is 0 Å². The van der Waals surface area contributed by atoms with Crippen LogP contribution in [0.3, 0.4) is 0 Å². The van der Waals surface area contributed by atoms with Crippen LogP contribution in [0.4, 0.5) is 0 Å². The molecule has 0 aliphatic heterocycles. The zero-order valence-electron chi connectivity index (χ0n) is 9.86. The molecule has 4 nitrogen and oxygen atoms in total. The molecule has 1 rings (SSSR count). The highest BCUT2D eigenvalue weighted by atomic mass is 32.2. The molecule has 2 unspecified atom stereocenters. The van der Waals surface area contributed by atoms with Gasteiger partial charge in [0.1, 0.15) is 9.84 Å². The second-order valence-corrected chi connectivity index (χ2v) is 6.76. The lowest BCUT2D eigenvalue weighted by Crippen LogP contribution is -2.45. The summed E-state index contributed by atoms with van der Waals surface area (Å²) in [5.41, 5.74) is 0. The Morgan fingerprint density at radius 1 is 1.40 bits per heavy atom. The van der Waals surface area contributed by atoms with Crippen molar-refractivity contribution in [2.75, 3.05) is 32.6 Å². The summed E-state index contributed by atoms with van der Waals surface area (Å²) in [7, 11) is 1.16. The SMILES string of the molecule is CNC1CCCC1N(C)CCS(C)(=O)=O. The first-order chi connectivity index (χ1) is 6.94. The van der Waals surface area contributed by atoms with Crippen LogP contribution >= 0.6 is 0 Å². The molecule has 0 radical (unpaired) electrons. The van der Waals surface area contributed by atoms with Crippen LogP contribution in [0.2, 0.25) is 0 Å². The summed E-state index contributed by atoms with van der Waals surface area (Å²) in [5, 5.41) is 3.30. The van der Waals surface area contributed by atoms with Gasteiger partial charge in [-0.3, -0.25) is 0 Å². The van der Waals surface area contributed by atoms with Gasteiger partial charge >= 0.3 is 0 Å². The Balaban J connectivity index is 2.42. The van der Waals surface area contributed by atoms with Gasteiger partial charge in [0.05, 0.1) is 5.75 Å². The van der Waals surface area contributed by atoms with Crippen LogP contribution in [0.25, 0.3) is 0 Å². The first-order valence-corrected chi connectivity index (χ1v) is 7.55. The molecule has 1 saturated carbocycles. The van der Waals surface area contributed by atoms with E-state index in [4.69, 9.17) is 0 Å². The maximum absolute atomic E-state index is 11.1. The molecular formula is C10H22N2O2S. The van der Waals surface area contributed by atoms with Crippen molar-refractivity contribution in [1.82, 2.24) is 10.2 Å². The number of hydrogen-bond donors (Lipinski definition) is 1. The lowest BCUT2D eigenvalue weighted by Gasteiger charge is -2.29. The predicted octanol–water partition coefficient (Wildman–Crippen LogP) is 0.103. The maximum Gasteiger partial charge on any atom is 0.148 e. The molecule has 1 fully saturated rings. The van der Waals surface area contributed by atoms with Crippen molar-refractivity contribution in [3.05, 3.63) is 0 Å². The number of likely N-dealkylation sites (N-methyl/N-ethyl adjacent to an activating group) is 2. The van der Waals surface area contributed by atoms with Crippen LogP contribution < -0.4 is 5.32 Å². The van der Waals surface area contributed by atoms with Gasteiger partial charge in [0.2, 0.25) is 0 Å². The van der Waals surface area contributed by atoms with Gasteiger partial charge in [-0.15, -0.1) is 0 Å². The number of sulfone groups is 1. The van der Waals surface area contributed by atoms with Gasteiger partial charge in [-0.2, -0.15) is 0 Å². The number of nitrogens with one attached hydrogen (secondary N) is 1. The Bertz CT molecular complexity index is 290. The molecule has 0 aromatic heterocycles. The van der Waals surface area contributed by atoms with Crippen LogP contribution in [-0.4, -0.2) is 58.1 Å². The first kappa shape index (κ1) is 12.9. The monoisotopic (exact) mass is 234 g/mol. The highest BCUT2D eigenvalue weighted by molar-refractivity contribution is 7.90. The molecule has 0 saturated heterocycles. The van der Waals surface area contributed by atoms with Crippen molar-refractivity contribution in [3.63, 3.8) is 0 Å². The average Bonchev–Trinajstić information content (AvgIpc) is 2.60. The molecule has 0 aromatic carbocycles. The summed E-state index contributed by atoms with van der Waals surface area (Å²) in [5.74, 6) is 0.260. The van der Waals surface area contributed by atoms with E-state index in [-0.39, 0.29) is 5.75 Å². The van der Waals surface area contributed by atoms with Crippen molar-refractivity contribution < 1.29 is 8.42 Å². The molecule has 2 atom stereocenters. The predicted molar refractivity (Wildman–Crippen MR) is 62.8 cm³/mol. The van der Waals surface area contributed by atoms with Gasteiger partial charge in [-0.05, 0) is 26.9 Å². The lowest BCUT2D eigenvalue weighted by molar-refractivity contribution is 0.227. The van der Waals surface area contributed by atoms with E-state index in [2.05, 4.69) is 10.2 Å². The summed E-state index contributed by atoms with van der Waals surface area (Å²) < 4.78 is 22.1. The van der Waals surface area contributed by atoms with E-state index in [0.717, 1.165) is 0 Å². The normalized spacial score (nSPS) is 27.5. The minimum Gasteiger partial charge on any atom is -0.315 e. The lowest BCUT2D eigenvalue weighted by atomic mass is 10.1. The van der Waals surface area contributed by atoms with Gasteiger partial charge < -0.3 is 10.2 Å². The summed E-state index contributed by atoms with van der Waals surface area (Å²) in [4.78, 5) is 2.18. The van der Waals surface area contributed by atoms with E-state index < -0.39 is 9.84 Å². The van der Waals surface area contributed by atoms with Gasteiger partial charge in [-0.25, -0.2) is 8.42 Å². The average molecular weight is 234 g/mol. The fourth-order valence-corrected chi connectivity index (χ4v) is 2.90. The van der Waals surface area contributed by atoms with Gasteiger partial charge in [0.25, 0.3) is 0 Å². The summed E-state index contributed by atoms with van der Waals surface area (Å²) >= 11 is 0. The van der Waals surface area contributed by atoms with Crippen LogP contribution in [-0.2, 0) is 9.84 Å². The second kappa shape index (κ2) is 5.27. The second-order valence-electron chi connectivity index (χ2n) is 4.50. The molecule has 1 aliphatic rings. The minimum absolute atomic E-state index is 0.260. The molecule has 1 aliphatic carbocycles. The van der Waals surface area contributed by atoms with E-state index in [0.29, 0.717) is 18.6 Å². The van der Waals surface area contributed by atoms with E-state index >= 15 is 0 Å². The summed E-state index contributed by atoms with van der Waals surface area (Å²) in [6, 6.07) is 1.02. The Morgan fingerprint density at radius 2 is 2.07 bits per heavy atom. The van der Waals surface area contributed by atoms with Gasteiger partial charge in [0.15, 0.2) is 0 Å². The van der Waals surface area contributed by atoms with Crippen LogP contribution in [0.1, 0.15) is 19.3 Å². The largest absolute Gasteiger partial charge is 0.315 e. The van der Waals surface area contributed by atoms with Crippen molar-refractivity contribution in [1.29, 1.82) is 0 Å². The number of hydrogen-bond acceptors (Lipinski definition) is 4. The Labute approximate surface area is 93.0 Å². The molecular weight excluding hydrogens is 212 g/mol. The zero-order chi connectivity index (χ0) is 11.5.